The highest BCUT2D eigenvalue weighted by atomic mass is 32.1. The van der Waals surface area contributed by atoms with Crippen LogP contribution >= 0.6 is 12.6 Å². The van der Waals surface area contributed by atoms with Gasteiger partial charge in [0.25, 0.3) is 0 Å². The van der Waals surface area contributed by atoms with Crippen LogP contribution in [0.25, 0.3) is 0 Å². The van der Waals surface area contributed by atoms with Gasteiger partial charge in [-0.3, -0.25) is 0 Å². The molecule has 0 saturated carbocycles. The number of quaternary nitrogens is 1. The summed E-state index contributed by atoms with van der Waals surface area (Å²) >= 11 is 4.18. The van der Waals surface area contributed by atoms with Gasteiger partial charge < -0.3 is 15.2 Å². The molecule has 2 N–H and O–H groups in total. The van der Waals surface area contributed by atoms with Gasteiger partial charge in [-0.1, -0.05) is 0 Å². The number of ether oxygens (including phenoxy) is 1. The number of hydrogen-bond donors (Lipinski definition) is 3. The minimum absolute atomic E-state index is 0.0766. The zero-order valence-corrected chi connectivity index (χ0v) is 12.9. The van der Waals surface area contributed by atoms with Gasteiger partial charge in [-0.05, 0) is 20.8 Å². The Bertz CT molecular complexity index is 434. The lowest BCUT2D eigenvalue weighted by Gasteiger charge is -2.33. The number of carboxylic acid groups (broad SMARTS) is 1. The molecular formula is C12H21N2O5S+. The number of thiol groups is 1. The van der Waals surface area contributed by atoms with E-state index in [1.165, 1.54) is 7.05 Å². The summed E-state index contributed by atoms with van der Waals surface area (Å²) in [5.41, 5.74) is 0. The van der Waals surface area contributed by atoms with E-state index in [0.29, 0.717) is 6.42 Å². The van der Waals surface area contributed by atoms with Crippen molar-refractivity contribution < 1.29 is 28.7 Å². The molecule has 3 amide bonds. The van der Waals surface area contributed by atoms with Gasteiger partial charge in [-0.2, -0.15) is 21.9 Å². The molecule has 7 nitrogen and oxygen atoms in total. The second kappa shape index (κ2) is 5.61. The predicted octanol–water partition coefficient (Wildman–Crippen LogP) is 1.23. The summed E-state index contributed by atoms with van der Waals surface area (Å²) in [5, 5.41) is 11.8. The van der Waals surface area contributed by atoms with E-state index in [9.17, 15) is 19.5 Å². The van der Waals surface area contributed by atoms with Gasteiger partial charge in [0.15, 0.2) is 6.10 Å². The lowest BCUT2D eigenvalue weighted by Crippen LogP contribution is -2.63. The highest BCUT2D eigenvalue weighted by molar-refractivity contribution is 7.82. The number of nitrogens with zero attached hydrogens (tertiary/aromatic N) is 1. The van der Waals surface area contributed by atoms with Gasteiger partial charge in [-0.15, -0.1) is 0 Å². The molecule has 0 radical (unpaired) electrons. The van der Waals surface area contributed by atoms with Crippen molar-refractivity contribution in [2.45, 2.75) is 44.1 Å². The summed E-state index contributed by atoms with van der Waals surface area (Å²) < 4.78 is 3.24. The topological polar surface area (TPSA) is 92.7 Å². The van der Waals surface area contributed by atoms with E-state index in [1.54, 1.807) is 20.8 Å². The second-order valence-corrected chi connectivity index (χ2v) is 6.68. The average Bonchev–Trinajstić information content (AvgIpc) is 2.64. The van der Waals surface area contributed by atoms with Crippen LogP contribution in [-0.4, -0.2) is 58.2 Å². The summed E-state index contributed by atoms with van der Waals surface area (Å²) in [6.07, 6.45) is -2.17. The number of carbonyl (C=O) groups excluding carboxylic acids is 2. The van der Waals surface area contributed by atoms with Crippen LogP contribution in [0.4, 0.5) is 9.59 Å². The number of rotatable bonds is 2. The first-order valence-electron chi connectivity index (χ1n) is 6.32. The molecule has 114 valence electrons. The number of hydrogen-bond acceptors (Lipinski definition) is 5. The number of carbonyl (C=O) groups is 3. The Morgan fingerprint density at radius 2 is 1.95 bits per heavy atom. The molecule has 20 heavy (non-hydrogen) atoms. The molecule has 1 saturated heterocycles. The fourth-order valence-electron chi connectivity index (χ4n) is 2.56. The predicted molar refractivity (Wildman–Crippen MR) is 74.6 cm³/mol. The Morgan fingerprint density at radius 3 is 2.35 bits per heavy atom. The number of nitrogens with one attached hydrogen (secondary N) is 1. The summed E-state index contributed by atoms with van der Waals surface area (Å²) in [4.78, 5) is 35.4. The first-order valence-corrected chi connectivity index (χ1v) is 6.77. The van der Waals surface area contributed by atoms with E-state index in [2.05, 4.69) is 17.9 Å². The quantitative estimate of drug-likeness (QED) is 0.527. The third kappa shape index (κ3) is 2.90. The molecule has 1 aliphatic heterocycles. The van der Waals surface area contributed by atoms with Crippen LogP contribution in [-0.2, 0) is 9.53 Å². The molecule has 0 spiro atoms. The lowest BCUT2D eigenvalue weighted by atomic mass is 10.1. The van der Waals surface area contributed by atoms with Gasteiger partial charge in [0, 0.05) is 13.5 Å². The zero-order valence-electron chi connectivity index (χ0n) is 12.0. The first-order chi connectivity index (χ1) is 9.05. The van der Waals surface area contributed by atoms with Gasteiger partial charge in [0.1, 0.15) is 17.3 Å². The monoisotopic (exact) mass is 305 g/mol. The van der Waals surface area contributed by atoms with Crippen LogP contribution in [0.3, 0.4) is 0 Å². The number of alkyl carbamates (subject to hydrolysis) is 1. The molecule has 0 aromatic heterocycles. The molecule has 0 bridgehead atoms. The van der Waals surface area contributed by atoms with Gasteiger partial charge in [0.2, 0.25) is 0 Å². The van der Waals surface area contributed by atoms with Gasteiger partial charge >= 0.3 is 18.1 Å². The number of amides is 3. The summed E-state index contributed by atoms with van der Waals surface area (Å²) in [6.45, 7) is 4.70. The molecule has 8 heteroatoms. The van der Waals surface area contributed by atoms with Crippen molar-refractivity contribution in [3.05, 3.63) is 0 Å². The molecule has 1 fully saturated rings. The fourth-order valence-corrected chi connectivity index (χ4v) is 2.74. The maximum absolute atomic E-state index is 12.5. The van der Waals surface area contributed by atoms with Crippen LogP contribution in [0.2, 0.25) is 0 Å². The average molecular weight is 305 g/mol. The van der Waals surface area contributed by atoms with Crippen LogP contribution < -0.4 is 5.32 Å². The second-order valence-electron chi connectivity index (χ2n) is 5.56. The maximum atomic E-state index is 12.5. The van der Waals surface area contributed by atoms with E-state index in [1.807, 2.05) is 0 Å². The molecule has 1 aliphatic rings. The Labute approximate surface area is 123 Å². The van der Waals surface area contributed by atoms with E-state index in [4.69, 9.17) is 4.74 Å². The molecular weight excluding hydrogens is 284 g/mol. The molecule has 3 atom stereocenters. The van der Waals surface area contributed by atoms with Crippen molar-refractivity contribution in [2.75, 3.05) is 13.6 Å². The molecule has 0 aromatic carbocycles. The summed E-state index contributed by atoms with van der Waals surface area (Å²) in [5.74, 6) is -0.510. The van der Waals surface area contributed by atoms with Crippen molar-refractivity contribution in [3.63, 3.8) is 0 Å². The summed E-state index contributed by atoms with van der Waals surface area (Å²) in [6, 6.07) is -0.485. The third-order valence-electron chi connectivity index (χ3n) is 3.55. The minimum Gasteiger partial charge on any atom is -0.440 e. The van der Waals surface area contributed by atoms with Crippen molar-refractivity contribution >= 4 is 30.7 Å². The molecule has 0 unspecified atom stereocenters. The Morgan fingerprint density at radius 1 is 1.40 bits per heavy atom. The van der Waals surface area contributed by atoms with E-state index in [0.717, 1.165) is 0 Å². The molecule has 1 heterocycles. The normalized spacial score (nSPS) is 29.9. The van der Waals surface area contributed by atoms with Crippen LogP contribution in [0.5, 0.6) is 0 Å². The molecule has 0 aromatic rings. The van der Waals surface area contributed by atoms with E-state index >= 15 is 0 Å². The summed E-state index contributed by atoms with van der Waals surface area (Å²) in [7, 11) is 1.42. The van der Waals surface area contributed by atoms with E-state index < -0.39 is 39.5 Å². The van der Waals surface area contributed by atoms with Gasteiger partial charge in [0.05, 0.1) is 0 Å². The van der Waals surface area contributed by atoms with Crippen molar-refractivity contribution in [3.8, 4) is 0 Å². The van der Waals surface area contributed by atoms with E-state index in [-0.39, 0.29) is 6.54 Å². The molecule has 0 aliphatic carbocycles. The van der Waals surface area contributed by atoms with Crippen LogP contribution in [0.1, 0.15) is 27.2 Å². The largest absolute Gasteiger partial charge is 0.521 e. The zero-order chi connectivity index (χ0) is 15.7. The van der Waals surface area contributed by atoms with Crippen molar-refractivity contribution in [1.82, 2.24) is 5.32 Å². The highest BCUT2D eigenvalue weighted by Gasteiger charge is 2.60. The Kier molecular flexibility index (Phi) is 4.70. The minimum atomic E-state index is -1.24. The number of likely N-dealkylation sites (tertiary alicyclic amines) is 1. The highest BCUT2D eigenvalue weighted by Crippen LogP contribution is 2.34. The Hall–Kier alpha value is -1.28. The Balaban J connectivity index is 3.06. The smallest absolute Gasteiger partial charge is 0.440 e. The molecule has 1 rings (SSSR count). The maximum Gasteiger partial charge on any atom is 0.521 e. The standard InChI is InChI=1S/C12H20N2O5S/c1-7-5-8(19-10(16)13-4)6-14(7,11(17)18)9(15)12(2,3)20/h7-8H,5-6H2,1-4H3,(H2-,13,16,17,18,20)/p+1/t7-,8-,14-/m1/s1. The SMILES string of the molecule is CNC(=O)O[C@@H]1C[C@@H](C)[N@@+](C(=O)O)(C(=O)C(C)(C)S)C1. The van der Waals surface area contributed by atoms with Crippen LogP contribution in [0, 0.1) is 0 Å². The number of imide groups is 1. The third-order valence-corrected chi connectivity index (χ3v) is 3.74. The van der Waals surface area contributed by atoms with Crippen molar-refractivity contribution in [2.24, 2.45) is 0 Å². The lowest BCUT2D eigenvalue weighted by molar-refractivity contribution is -0.794. The first kappa shape index (κ1) is 16.8. The van der Waals surface area contributed by atoms with Gasteiger partial charge in [-0.25, -0.2) is 9.59 Å². The van der Waals surface area contributed by atoms with Crippen molar-refractivity contribution in [1.29, 1.82) is 0 Å². The van der Waals surface area contributed by atoms with Crippen LogP contribution in [0.15, 0.2) is 0 Å². The fraction of sp³-hybridized carbons (Fsp3) is 0.750.